The van der Waals surface area contributed by atoms with E-state index in [1.54, 1.807) is 0 Å². The molecule has 32 heavy (non-hydrogen) atoms. The smallest absolute Gasteiger partial charge is 0.409 e. The summed E-state index contributed by atoms with van der Waals surface area (Å²) in [5, 5.41) is 2.79. The van der Waals surface area contributed by atoms with Crippen molar-refractivity contribution in [3.8, 4) is 0 Å². The highest BCUT2D eigenvalue weighted by molar-refractivity contribution is 6.73. The van der Waals surface area contributed by atoms with Gasteiger partial charge in [0.15, 0.2) is 8.32 Å². The van der Waals surface area contributed by atoms with Gasteiger partial charge in [0.25, 0.3) is 0 Å². The van der Waals surface area contributed by atoms with Gasteiger partial charge in [-0.1, -0.05) is 44.0 Å². The average molecular weight is 514 g/mol. The van der Waals surface area contributed by atoms with Gasteiger partial charge in [-0.25, -0.2) is 8.78 Å². The lowest BCUT2D eigenvalue weighted by molar-refractivity contribution is -0.137. The molecule has 0 aliphatic rings. The van der Waals surface area contributed by atoms with Crippen LogP contribution in [0, 0.1) is 11.6 Å². The molecule has 178 valence electrons. The first-order valence-electron chi connectivity index (χ1n) is 10.3. The van der Waals surface area contributed by atoms with E-state index in [1.807, 2.05) is 20.8 Å². The molecule has 0 fully saturated rings. The van der Waals surface area contributed by atoms with Crippen LogP contribution < -0.4 is 5.32 Å². The van der Waals surface area contributed by atoms with Gasteiger partial charge < -0.3 is 9.74 Å². The van der Waals surface area contributed by atoms with Gasteiger partial charge >= 0.3 is 6.18 Å². The zero-order valence-electron chi connectivity index (χ0n) is 18.1. The molecular formula is C22H26Cl2F5NOSi. The zero-order valence-corrected chi connectivity index (χ0v) is 20.6. The third kappa shape index (κ3) is 6.90. The Labute approximate surface area is 196 Å². The molecule has 0 saturated heterocycles. The molecule has 1 atom stereocenters. The number of halogens is 7. The third-order valence-electron chi connectivity index (χ3n) is 5.63. The van der Waals surface area contributed by atoms with E-state index < -0.39 is 37.8 Å². The standard InChI is InChI=1S/C22H26Cl2F5NOSi/c1-4-32(5-2,6-3)31-20(13-30-12-14-7-16(25)11-17(26)8-14)21-18(23)9-15(10-19(21)24)22(27,28)29/h7-11,20,30H,4-6,12-13H2,1-3H3. The van der Waals surface area contributed by atoms with Crippen molar-refractivity contribution in [2.75, 3.05) is 6.54 Å². The van der Waals surface area contributed by atoms with E-state index >= 15 is 0 Å². The van der Waals surface area contributed by atoms with Gasteiger partial charge in [-0.15, -0.1) is 0 Å². The lowest BCUT2D eigenvalue weighted by atomic mass is 10.1. The lowest BCUT2D eigenvalue weighted by Crippen LogP contribution is -2.40. The molecule has 0 spiro atoms. The molecule has 1 unspecified atom stereocenters. The number of nitrogens with one attached hydrogen (secondary N) is 1. The minimum Gasteiger partial charge on any atom is -0.409 e. The molecule has 2 aromatic carbocycles. The Kier molecular flexibility index (Phi) is 9.55. The third-order valence-corrected chi connectivity index (χ3v) is 10.9. The number of alkyl halides is 3. The van der Waals surface area contributed by atoms with Crippen molar-refractivity contribution in [1.29, 1.82) is 0 Å². The Morgan fingerprint density at radius 3 is 1.84 bits per heavy atom. The molecule has 1 N–H and O–H groups in total. The van der Waals surface area contributed by atoms with Crippen LogP contribution in [0.15, 0.2) is 30.3 Å². The molecule has 0 bridgehead atoms. The topological polar surface area (TPSA) is 21.3 Å². The molecule has 2 rings (SSSR count). The van der Waals surface area contributed by atoms with E-state index in [0.29, 0.717) is 5.56 Å². The first-order valence-corrected chi connectivity index (χ1v) is 13.6. The molecule has 0 radical (unpaired) electrons. The van der Waals surface area contributed by atoms with Crippen LogP contribution in [0.4, 0.5) is 22.0 Å². The molecule has 10 heteroatoms. The van der Waals surface area contributed by atoms with Crippen molar-refractivity contribution in [3.05, 3.63) is 68.7 Å². The van der Waals surface area contributed by atoms with Gasteiger partial charge in [-0.05, 0) is 48.0 Å². The predicted octanol–water partition coefficient (Wildman–Crippen LogP) is 8.14. The van der Waals surface area contributed by atoms with Crippen molar-refractivity contribution in [2.24, 2.45) is 0 Å². The van der Waals surface area contributed by atoms with Crippen molar-refractivity contribution in [3.63, 3.8) is 0 Å². The summed E-state index contributed by atoms with van der Waals surface area (Å²) >= 11 is 12.5. The van der Waals surface area contributed by atoms with Gasteiger partial charge in [0.2, 0.25) is 0 Å². The highest BCUT2D eigenvalue weighted by atomic mass is 35.5. The van der Waals surface area contributed by atoms with Crippen LogP contribution >= 0.6 is 23.2 Å². The second kappa shape index (κ2) is 11.3. The first kappa shape index (κ1) is 27.1. The Balaban J connectivity index is 2.36. The number of benzene rings is 2. The van der Waals surface area contributed by atoms with Crippen LogP contribution in [0.25, 0.3) is 0 Å². The summed E-state index contributed by atoms with van der Waals surface area (Å²) in [4.78, 5) is 0. The summed E-state index contributed by atoms with van der Waals surface area (Å²) in [6, 6.07) is 7.29. The molecule has 2 nitrogen and oxygen atoms in total. The Hall–Kier alpha value is -1.19. The number of hydrogen-bond acceptors (Lipinski definition) is 2. The SMILES string of the molecule is CC[Si](CC)(CC)OC(CNCc1cc(F)cc(F)c1)c1c(Cl)cc(C(F)(F)F)cc1Cl. The van der Waals surface area contributed by atoms with E-state index in [4.69, 9.17) is 27.6 Å². The average Bonchev–Trinajstić information content (AvgIpc) is 2.70. The van der Waals surface area contributed by atoms with E-state index in [-0.39, 0.29) is 28.7 Å². The molecule has 0 aliphatic carbocycles. The molecule has 0 aromatic heterocycles. The van der Waals surface area contributed by atoms with Crippen LogP contribution in [-0.4, -0.2) is 14.9 Å². The van der Waals surface area contributed by atoms with E-state index in [9.17, 15) is 22.0 Å². The van der Waals surface area contributed by atoms with Crippen LogP contribution in [-0.2, 0) is 17.1 Å². The van der Waals surface area contributed by atoms with Gasteiger partial charge in [0.1, 0.15) is 11.6 Å². The van der Waals surface area contributed by atoms with Crippen LogP contribution in [0.2, 0.25) is 28.2 Å². The van der Waals surface area contributed by atoms with Crippen LogP contribution in [0.1, 0.15) is 43.6 Å². The predicted molar refractivity (Wildman–Crippen MR) is 121 cm³/mol. The van der Waals surface area contributed by atoms with E-state index in [1.165, 1.54) is 12.1 Å². The first-order chi connectivity index (χ1) is 14.9. The monoisotopic (exact) mass is 513 g/mol. The van der Waals surface area contributed by atoms with Crippen LogP contribution in [0.5, 0.6) is 0 Å². The normalized spacial score (nSPS) is 13.4. The highest BCUT2D eigenvalue weighted by Gasteiger charge is 2.36. The summed E-state index contributed by atoms with van der Waals surface area (Å²) < 4.78 is 72.9. The van der Waals surface area contributed by atoms with Gasteiger partial charge in [-0.2, -0.15) is 13.2 Å². The number of hydrogen-bond donors (Lipinski definition) is 1. The lowest BCUT2D eigenvalue weighted by Gasteiger charge is -2.34. The minimum absolute atomic E-state index is 0.128. The zero-order chi connectivity index (χ0) is 24.1. The second-order valence-corrected chi connectivity index (χ2v) is 13.1. The second-order valence-electron chi connectivity index (χ2n) is 7.61. The fourth-order valence-electron chi connectivity index (χ4n) is 3.62. The summed E-state index contributed by atoms with van der Waals surface area (Å²) in [6.07, 6.45) is -5.31. The maximum absolute atomic E-state index is 13.5. The highest BCUT2D eigenvalue weighted by Crippen LogP contribution is 2.41. The van der Waals surface area contributed by atoms with Crippen molar-refractivity contribution in [2.45, 2.75) is 57.7 Å². The summed E-state index contributed by atoms with van der Waals surface area (Å²) in [6.45, 7) is 6.35. The molecule has 0 heterocycles. The quantitative estimate of drug-likeness (QED) is 0.255. The van der Waals surface area contributed by atoms with E-state index in [2.05, 4.69) is 5.32 Å². The molecule has 2 aromatic rings. The van der Waals surface area contributed by atoms with Gasteiger partial charge in [-0.3, -0.25) is 0 Å². The largest absolute Gasteiger partial charge is 0.416 e. The molecule has 0 aliphatic heterocycles. The number of rotatable bonds is 10. The molecular weight excluding hydrogens is 488 g/mol. The summed E-state index contributed by atoms with van der Waals surface area (Å²) in [5.41, 5.74) is -0.287. The fraction of sp³-hybridized carbons (Fsp3) is 0.455. The Bertz CT molecular complexity index is 870. The van der Waals surface area contributed by atoms with E-state index in [0.717, 1.165) is 36.3 Å². The van der Waals surface area contributed by atoms with Crippen molar-refractivity contribution in [1.82, 2.24) is 5.32 Å². The Morgan fingerprint density at radius 1 is 0.906 bits per heavy atom. The minimum atomic E-state index is -4.59. The fourth-order valence-corrected chi connectivity index (χ4v) is 7.16. The molecule has 0 amide bonds. The van der Waals surface area contributed by atoms with Crippen molar-refractivity contribution < 1.29 is 26.4 Å². The maximum atomic E-state index is 13.5. The molecule has 0 saturated carbocycles. The summed E-state index contributed by atoms with van der Waals surface area (Å²) in [5.74, 6) is -1.39. The Morgan fingerprint density at radius 2 is 1.41 bits per heavy atom. The maximum Gasteiger partial charge on any atom is 0.416 e. The summed E-state index contributed by atoms with van der Waals surface area (Å²) in [7, 11) is -2.21. The van der Waals surface area contributed by atoms with Crippen molar-refractivity contribution >= 4 is 31.5 Å². The van der Waals surface area contributed by atoms with Crippen LogP contribution in [0.3, 0.4) is 0 Å². The van der Waals surface area contributed by atoms with Gasteiger partial charge in [0, 0.05) is 34.8 Å². The van der Waals surface area contributed by atoms with Gasteiger partial charge in [0.05, 0.1) is 11.7 Å².